The Bertz CT molecular complexity index is 1040. The maximum atomic E-state index is 14.1. The first-order chi connectivity index (χ1) is 18.5. The van der Waals surface area contributed by atoms with Crippen LogP contribution >= 0.6 is 0 Å². The minimum atomic E-state index is -1.07. The van der Waals surface area contributed by atoms with E-state index in [9.17, 15) is 24.0 Å². The Hall–Kier alpha value is -2.65. The molecule has 0 radical (unpaired) electrons. The van der Waals surface area contributed by atoms with E-state index >= 15 is 0 Å². The maximum absolute atomic E-state index is 14.1. The smallest absolute Gasteiger partial charge is 0.315 e. The normalized spacial score (nSPS) is 28.4. The molecular weight excluding hydrogens is 510 g/mol. The van der Waals surface area contributed by atoms with Crippen molar-refractivity contribution in [1.82, 2.24) is 20.9 Å². The van der Waals surface area contributed by atoms with Crippen molar-refractivity contribution in [2.24, 2.45) is 34.3 Å². The van der Waals surface area contributed by atoms with Gasteiger partial charge >= 0.3 is 6.03 Å². The lowest BCUT2D eigenvalue weighted by Crippen LogP contribution is -2.62. The lowest BCUT2D eigenvalue weighted by molar-refractivity contribution is -0.145. The van der Waals surface area contributed by atoms with Crippen LogP contribution < -0.4 is 21.7 Å². The highest BCUT2D eigenvalue weighted by molar-refractivity contribution is 6.37. The fourth-order valence-electron chi connectivity index (χ4n) is 7.25. The standard InChI is InChI=1S/C30H49N5O5/c1-28(2,3)23(33-27(40)34-30(6)13-8-7-9-14-30)26(39)35-16-18-20(29(18,4)5)21(35)25(38)32-19(22(36)24(31)37)15-17-11-10-12-17/h17-21,23H,7-16H2,1-6H3,(H2,31,37)(H,32,38)(H2,33,34,40)/t18?,19?,20-,21-,23?/m0/s1. The number of primary amides is 1. The van der Waals surface area contributed by atoms with Gasteiger partial charge in [-0.1, -0.05) is 73.1 Å². The Kier molecular flexibility index (Phi) is 8.31. The van der Waals surface area contributed by atoms with E-state index in [1.165, 1.54) is 0 Å². The monoisotopic (exact) mass is 559 g/mol. The van der Waals surface area contributed by atoms with Gasteiger partial charge in [-0.3, -0.25) is 19.2 Å². The quantitative estimate of drug-likeness (QED) is 0.320. The molecule has 1 saturated heterocycles. The Morgan fingerprint density at radius 1 is 0.950 bits per heavy atom. The molecule has 10 heteroatoms. The molecule has 224 valence electrons. The minimum Gasteiger partial charge on any atom is -0.363 e. The molecule has 0 bridgehead atoms. The van der Waals surface area contributed by atoms with Crippen molar-refractivity contribution >= 4 is 29.5 Å². The van der Waals surface area contributed by atoms with Gasteiger partial charge in [-0.2, -0.15) is 0 Å². The van der Waals surface area contributed by atoms with Crippen LogP contribution in [0.1, 0.15) is 99.3 Å². The molecular formula is C30H49N5O5. The first-order valence-corrected chi connectivity index (χ1v) is 15.1. The molecule has 5 N–H and O–H groups in total. The number of ketones is 1. The van der Waals surface area contributed by atoms with Gasteiger partial charge in [-0.15, -0.1) is 0 Å². The number of nitrogens with zero attached hydrogens (tertiary/aromatic N) is 1. The number of carbonyl (C=O) groups is 5. The van der Waals surface area contributed by atoms with E-state index in [4.69, 9.17) is 5.73 Å². The number of piperidine rings is 1. The summed E-state index contributed by atoms with van der Waals surface area (Å²) in [6, 6.07) is -3.01. The highest BCUT2D eigenvalue weighted by Crippen LogP contribution is 2.65. The van der Waals surface area contributed by atoms with E-state index in [0.29, 0.717) is 13.0 Å². The summed E-state index contributed by atoms with van der Waals surface area (Å²) >= 11 is 0. The van der Waals surface area contributed by atoms with Crippen molar-refractivity contribution in [2.75, 3.05) is 6.54 Å². The predicted octanol–water partition coefficient (Wildman–Crippen LogP) is 2.64. The number of nitrogens with one attached hydrogen (secondary N) is 3. The van der Waals surface area contributed by atoms with Crippen LogP contribution in [-0.4, -0.2) is 64.6 Å². The maximum Gasteiger partial charge on any atom is 0.315 e. The van der Waals surface area contributed by atoms with E-state index in [-0.39, 0.29) is 40.6 Å². The van der Waals surface area contributed by atoms with Gasteiger partial charge in [-0.25, -0.2) is 4.79 Å². The van der Waals surface area contributed by atoms with E-state index < -0.39 is 41.1 Å². The second-order valence-electron chi connectivity index (χ2n) is 14.7. The van der Waals surface area contributed by atoms with E-state index in [0.717, 1.165) is 51.4 Å². The van der Waals surface area contributed by atoms with Gasteiger partial charge in [0, 0.05) is 12.1 Å². The predicted molar refractivity (Wildman–Crippen MR) is 151 cm³/mol. The van der Waals surface area contributed by atoms with Gasteiger partial charge in [0.15, 0.2) is 0 Å². The van der Waals surface area contributed by atoms with E-state index in [1.807, 2.05) is 27.7 Å². The molecule has 40 heavy (non-hydrogen) atoms. The van der Waals surface area contributed by atoms with Crippen molar-refractivity contribution in [3.63, 3.8) is 0 Å². The molecule has 4 fully saturated rings. The molecule has 4 rings (SSSR count). The molecule has 1 heterocycles. The summed E-state index contributed by atoms with van der Waals surface area (Å²) in [4.78, 5) is 67.0. The number of Topliss-reactive ketones (excluding diaryl/α,β-unsaturated/α-hetero) is 1. The van der Waals surface area contributed by atoms with Crippen LogP contribution in [0.4, 0.5) is 4.79 Å². The van der Waals surface area contributed by atoms with Crippen molar-refractivity contribution < 1.29 is 24.0 Å². The second kappa shape index (κ2) is 11.0. The Morgan fingerprint density at radius 3 is 2.10 bits per heavy atom. The molecule has 3 saturated carbocycles. The van der Waals surface area contributed by atoms with Gasteiger partial charge in [-0.05, 0) is 54.8 Å². The van der Waals surface area contributed by atoms with Gasteiger partial charge in [0.05, 0.1) is 6.04 Å². The molecule has 0 aromatic rings. The zero-order chi connectivity index (χ0) is 29.6. The number of amides is 5. The first-order valence-electron chi connectivity index (χ1n) is 15.1. The summed E-state index contributed by atoms with van der Waals surface area (Å²) < 4.78 is 0. The van der Waals surface area contributed by atoms with Gasteiger partial charge in [0.25, 0.3) is 5.91 Å². The van der Waals surface area contributed by atoms with Crippen LogP contribution in [0.3, 0.4) is 0 Å². The van der Waals surface area contributed by atoms with E-state index in [2.05, 4.69) is 29.8 Å². The molecule has 5 amide bonds. The average molecular weight is 560 g/mol. The van der Waals surface area contributed by atoms with Gasteiger partial charge in [0.2, 0.25) is 17.6 Å². The van der Waals surface area contributed by atoms with Crippen molar-refractivity contribution in [3.05, 3.63) is 0 Å². The number of rotatable bonds is 9. The number of hydrogen-bond acceptors (Lipinski definition) is 5. The molecule has 0 aromatic heterocycles. The van der Waals surface area contributed by atoms with Crippen molar-refractivity contribution in [2.45, 2.75) is 123 Å². The fraction of sp³-hybridized carbons (Fsp3) is 0.833. The number of carbonyl (C=O) groups excluding carboxylic acids is 5. The summed E-state index contributed by atoms with van der Waals surface area (Å²) in [6.45, 7) is 12.3. The summed E-state index contributed by atoms with van der Waals surface area (Å²) in [6.07, 6.45) is 8.40. The average Bonchev–Trinajstić information content (AvgIpc) is 3.14. The number of urea groups is 1. The molecule has 4 aliphatic rings. The Balaban J connectivity index is 1.52. The van der Waals surface area contributed by atoms with Gasteiger partial charge < -0.3 is 26.6 Å². The second-order valence-corrected chi connectivity index (χ2v) is 14.7. The molecule has 10 nitrogen and oxygen atoms in total. The van der Waals surface area contributed by atoms with Crippen LogP contribution in [0.2, 0.25) is 0 Å². The van der Waals surface area contributed by atoms with Crippen LogP contribution in [-0.2, 0) is 19.2 Å². The minimum absolute atomic E-state index is 0.0694. The third-order valence-corrected chi connectivity index (χ3v) is 10.2. The van der Waals surface area contributed by atoms with Crippen LogP contribution in [0.5, 0.6) is 0 Å². The lowest BCUT2D eigenvalue weighted by Gasteiger charge is -2.39. The number of fused-ring (bicyclic) bond motifs is 1. The lowest BCUT2D eigenvalue weighted by atomic mass is 9.80. The van der Waals surface area contributed by atoms with Crippen LogP contribution in [0, 0.1) is 28.6 Å². The van der Waals surface area contributed by atoms with Crippen molar-refractivity contribution in [3.8, 4) is 0 Å². The molecule has 3 aliphatic carbocycles. The zero-order valence-corrected chi connectivity index (χ0v) is 25.1. The van der Waals surface area contributed by atoms with Gasteiger partial charge in [0.1, 0.15) is 12.1 Å². The van der Waals surface area contributed by atoms with Crippen LogP contribution in [0.25, 0.3) is 0 Å². The third kappa shape index (κ3) is 6.15. The molecule has 5 atom stereocenters. The van der Waals surface area contributed by atoms with Crippen molar-refractivity contribution in [1.29, 1.82) is 0 Å². The van der Waals surface area contributed by atoms with Crippen LogP contribution in [0.15, 0.2) is 0 Å². The fourth-order valence-corrected chi connectivity index (χ4v) is 7.25. The highest BCUT2D eigenvalue weighted by atomic mass is 16.2. The Labute approximate surface area is 238 Å². The molecule has 3 unspecified atom stereocenters. The molecule has 0 spiro atoms. The highest BCUT2D eigenvalue weighted by Gasteiger charge is 2.70. The summed E-state index contributed by atoms with van der Waals surface area (Å²) in [5.41, 5.74) is 4.27. The third-order valence-electron chi connectivity index (χ3n) is 10.2. The number of nitrogens with two attached hydrogens (primary N) is 1. The van der Waals surface area contributed by atoms with E-state index in [1.54, 1.807) is 4.90 Å². The molecule has 1 aliphatic heterocycles. The molecule has 0 aromatic carbocycles. The zero-order valence-electron chi connectivity index (χ0n) is 25.1. The Morgan fingerprint density at radius 2 is 1.57 bits per heavy atom. The first kappa shape index (κ1) is 30.3. The topological polar surface area (TPSA) is 151 Å². The summed E-state index contributed by atoms with van der Waals surface area (Å²) in [5.74, 6) is -2.28. The summed E-state index contributed by atoms with van der Waals surface area (Å²) in [7, 11) is 0. The summed E-state index contributed by atoms with van der Waals surface area (Å²) in [5, 5.41) is 8.86. The SMILES string of the molecule is CC1(NC(=O)NC(C(=O)N2CC3[C@@H]([C@H]2C(=O)NC(CC2CCC2)C(=O)C(N)=O)C3(C)C)C(C)(C)C)CCCCC1. The number of likely N-dealkylation sites (tertiary alicyclic amines) is 1. The number of hydrogen-bond donors (Lipinski definition) is 4. The largest absolute Gasteiger partial charge is 0.363 e.